The average molecular weight is 985 g/mol. The zero-order valence-electron chi connectivity index (χ0n) is 46.6. The minimum absolute atomic E-state index is 0.0524. The van der Waals surface area contributed by atoms with Crippen molar-refractivity contribution >= 4 is 5.78 Å². The van der Waals surface area contributed by atoms with Crippen LogP contribution in [0.25, 0.3) is 11.4 Å². The van der Waals surface area contributed by atoms with Crippen LogP contribution in [0.5, 0.6) is 6.01 Å². The Balaban J connectivity index is 0.000000136. The fourth-order valence-corrected chi connectivity index (χ4v) is 17.5. The van der Waals surface area contributed by atoms with Crippen LogP contribution in [0.1, 0.15) is 232 Å². The molecule has 8 aliphatic carbocycles. The number of hydrogen-bond donors (Lipinski definition) is 3. The number of aromatic nitrogens is 2. The summed E-state index contributed by atoms with van der Waals surface area (Å²) in [4.78, 5) is 11.8. The van der Waals surface area contributed by atoms with Crippen LogP contribution in [0.2, 0.25) is 0 Å². The first-order valence-corrected chi connectivity index (χ1v) is 29.1. The molecular formula is C65H94FN2O4+. The molecule has 0 radical (unpaired) electrons. The summed E-state index contributed by atoms with van der Waals surface area (Å²) < 4.78 is 18.4. The maximum atomic E-state index is 14.4. The Morgan fingerprint density at radius 2 is 1.11 bits per heavy atom. The summed E-state index contributed by atoms with van der Waals surface area (Å²) in [5, 5.41) is 31.9. The second-order valence-electron chi connectivity index (χ2n) is 26.9. The fraction of sp³-hybridized carbons (Fsp3) is 0.692. The van der Waals surface area contributed by atoms with Crippen LogP contribution < -0.4 is 4.57 Å². The summed E-state index contributed by atoms with van der Waals surface area (Å²) in [6.07, 6.45) is 24.7. The van der Waals surface area contributed by atoms with Crippen molar-refractivity contribution in [2.24, 2.45) is 57.2 Å². The van der Waals surface area contributed by atoms with E-state index in [9.17, 15) is 24.5 Å². The van der Waals surface area contributed by atoms with Crippen LogP contribution in [0.3, 0.4) is 0 Å². The standard InChI is InChI=1S/C27H36N2O.C19H27FO.C19H30O2/c1-17(2)21-11-9-12-22(18(3)4)25(21)28-15-16-29(27(28)30)26-23(19(5)6)13-10-14-24(26)20(7)8;1-18-9-7-13(21)11-12(18)3-4-14-15-5-6-17(20)19(15,2)10-8-16(14)18;1-18-9-7-13(20)11-12(18)3-4-14-15-5-6-17(21)19(15,2)10-8-16(14)18/h9-20H,1-8H3;11,14-17H,3-10H2,1-2H3;11,13-17,20-21H,3-10H2,1-2H3/p+1/i;20-1;. The monoisotopic (exact) mass is 985 g/mol. The van der Waals surface area contributed by atoms with Gasteiger partial charge >= 0.3 is 6.01 Å². The van der Waals surface area contributed by atoms with E-state index in [-0.39, 0.29) is 34.5 Å². The van der Waals surface area contributed by atoms with Crippen LogP contribution in [-0.4, -0.2) is 44.0 Å². The molecule has 1 aromatic heterocycles. The van der Waals surface area contributed by atoms with Gasteiger partial charge in [0.2, 0.25) is 0 Å². The number of ketones is 1. The molecule has 1 heterocycles. The number of fused-ring (bicyclic) bond motifs is 10. The van der Waals surface area contributed by atoms with Crippen molar-refractivity contribution in [3.05, 3.63) is 94.3 Å². The molecule has 3 aromatic rings. The van der Waals surface area contributed by atoms with E-state index in [4.69, 9.17) is 0 Å². The number of allylic oxidation sites excluding steroid dienone is 2. The molecule has 0 aliphatic heterocycles. The van der Waals surface area contributed by atoms with Crippen molar-refractivity contribution in [3.63, 3.8) is 0 Å². The van der Waals surface area contributed by atoms with Crippen molar-refractivity contribution in [3.8, 4) is 17.4 Å². The van der Waals surface area contributed by atoms with Crippen molar-refractivity contribution in [1.82, 2.24) is 4.57 Å². The largest absolute Gasteiger partial charge is 0.464 e. The molecule has 0 spiro atoms. The molecule has 0 bridgehead atoms. The van der Waals surface area contributed by atoms with Crippen LogP contribution in [0, 0.1) is 57.2 Å². The van der Waals surface area contributed by atoms with Gasteiger partial charge in [-0.2, -0.15) is 9.13 Å². The minimum Gasteiger partial charge on any atom is -0.446 e. The molecule has 6 fully saturated rings. The van der Waals surface area contributed by atoms with Crippen LogP contribution in [0.4, 0.5) is 4.39 Å². The van der Waals surface area contributed by atoms with E-state index in [1.807, 2.05) is 27.6 Å². The number of carbonyl (C=O) groups excluding carboxylic acids is 1. The Labute approximate surface area is 434 Å². The lowest BCUT2D eigenvalue weighted by atomic mass is 9.47. The average Bonchev–Trinajstić information content (AvgIpc) is 3.98. The number of hydrogen-bond acceptors (Lipinski definition) is 4. The van der Waals surface area contributed by atoms with Gasteiger partial charge in [-0.3, -0.25) is 4.79 Å². The molecular weight excluding hydrogens is 891 g/mol. The van der Waals surface area contributed by atoms with Gasteiger partial charge < -0.3 is 15.3 Å². The molecule has 13 unspecified atom stereocenters. The van der Waals surface area contributed by atoms with E-state index < -0.39 is 6.17 Å². The smallest absolute Gasteiger partial charge is 0.446 e. The number of alkyl halides is 1. The summed E-state index contributed by atoms with van der Waals surface area (Å²) in [6, 6.07) is 13.2. The topological polar surface area (TPSA) is 86.6 Å². The van der Waals surface area contributed by atoms with Crippen molar-refractivity contribution in [2.45, 2.75) is 228 Å². The normalized spacial score (nSPS) is 36.8. The number of carbonyl (C=O) groups is 1. The first-order valence-electron chi connectivity index (χ1n) is 29.1. The Bertz CT molecular complexity index is 2400. The summed E-state index contributed by atoms with van der Waals surface area (Å²) in [6.45, 7) is 27.1. The lowest BCUT2D eigenvalue weighted by molar-refractivity contribution is -0.604. The van der Waals surface area contributed by atoms with Gasteiger partial charge in [0, 0.05) is 34.1 Å². The van der Waals surface area contributed by atoms with Gasteiger partial charge in [0.1, 0.15) is 29.9 Å². The van der Waals surface area contributed by atoms with Gasteiger partial charge in [-0.25, -0.2) is 4.39 Å². The van der Waals surface area contributed by atoms with Gasteiger partial charge in [-0.15, -0.1) is 0 Å². The van der Waals surface area contributed by atoms with Crippen LogP contribution >= 0.6 is 0 Å². The maximum absolute atomic E-state index is 14.4. The van der Waals surface area contributed by atoms with Gasteiger partial charge in [-0.1, -0.05) is 137 Å². The van der Waals surface area contributed by atoms with Crippen LogP contribution in [0.15, 0.2) is 72.1 Å². The van der Waals surface area contributed by atoms with Gasteiger partial charge in [0.25, 0.3) is 0 Å². The maximum Gasteiger partial charge on any atom is 0.464 e. The van der Waals surface area contributed by atoms with Gasteiger partial charge in [-0.05, 0) is 178 Å². The summed E-state index contributed by atoms with van der Waals surface area (Å²) in [5.74, 6) is 6.07. The zero-order valence-corrected chi connectivity index (χ0v) is 46.6. The third-order valence-electron chi connectivity index (χ3n) is 21.8. The SMILES string of the molecule is CC(C)c1cccc(C(C)C)c1-n1cc[n+](-c2c(C(C)C)cccc2C(C)C)c1O.CC12CCC(=O)C=C1CCC1C2CCC2(C)C([18F])CCC12.CC12CCC(O)C=C1CCC1C2CCC2(C)C(O)CCC12. The van der Waals surface area contributed by atoms with Gasteiger partial charge in [0.05, 0.1) is 12.2 Å². The summed E-state index contributed by atoms with van der Waals surface area (Å²) in [7, 11) is 0. The number of imidazole rings is 1. The molecule has 8 aliphatic rings. The number of rotatable bonds is 6. The summed E-state index contributed by atoms with van der Waals surface area (Å²) >= 11 is 0. The highest BCUT2D eigenvalue weighted by Gasteiger charge is 2.60. The highest BCUT2D eigenvalue weighted by molar-refractivity contribution is 5.91. The molecule has 3 N–H and O–H groups in total. The lowest BCUT2D eigenvalue weighted by Crippen LogP contribution is -2.51. The quantitative estimate of drug-likeness (QED) is 0.170. The number of nitrogens with zero attached hydrogens (tertiary/aromatic N) is 2. The van der Waals surface area contributed by atoms with E-state index >= 15 is 0 Å². The number of halogens is 1. The van der Waals surface area contributed by atoms with E-state index in [1.54, 1.807) is 5.57 Å². The number of aliphatic hydroxyl groups is 2. The molecule has 2 aromatic carbocycles. The Morgan fingerprint density at radius 3 is 1.69 bits per heavy atom. The third-order valence-corrected chi connectivity index (χ3v) is 21.8. The van der Waals surface area contributed by atoms with E-state index in [2.05, 4.69) is 126 Å². The number of para-hydroxylation sites is 2. The van der Waals surface area contributed by atoms with Crippen molar-refractivity contribution < 1.29 is 29.1 Å². The minimum atomic E-state index is -0.582. The molecule has 72 heavy (non-hydrogen) atoms. The third kappa shape index (κ3) is 9.04. The molecule has 394 valence electrons. The fourth-order valence-electron chi connectivity index (χ4n) is 17.5. The highest BCUT2D eigenvalue weighted by Crippen LogP contribution is 2.67. The summed E-state index contributed by atoms with van der Waals surface area (Å²) in [5.41, 5.74) is 10.9. The lowest BCUT2D eigenvalue weighted by Gasteiger charge is -2.58. The molecule has 6 saturated carbocycles. The number of aromatic hydroxyl groups is 1. The predicted molar refractivity (Wildman–Crippen MR) is 291 cm³/mol. The molecule has 0 saturated heterocycles. The second-order valence-corrected chi connectivity index (χ2v) is 26.9. The van der Waals surface area contributed by atoms with E-state index in [0.29, 0.717) is 52.6 Å². The molecule has 13 atom stereocenters. The van der Waals surface area contributed by atoms with Crippen LogP contribution in [-0.2, 0) is 4.79 Å². The number of aliphatic hydroxyl groups excluding tert-OH is 2. The first-order chi connectivity index (χ1) is 34.0. The zero-order chi connectivity index (χ0) is 51.8. The molecule has 11 rings (SSSR count). The first kappa shape index (κ1) is 53.3. The highest BCUT2D eigenvalue weighted by atomic mass is 18.2. The molecule has 7 heteroatoms. The Hall–Kier alpha value is -3.55. The predicted octanol–water partition coefficient (Wildman–Crippen LogP) is 15.5. The molecule has 0 amide bonds. The Kier molecular flexibility index (Phi) is 14.9. The van der Waals surface area contributed by atoms with Crippen molar-refractivity contribution in [1.29, 1.82) is 0 Å². The molecule has 6 nitrogen and oxygen atoms in total. The van der Waals surface area contributed by atoms with E-state index in [0.717, 1.165) is 86.9 Å². The second kappa shape index (κ2) is 20.2. The Morgan fingerprint density at radius 1 is 0.597 bits per heavy atom. The van der Waals surface area contributed by atoms with Crippen molar-refractivity contribution in [2.75, 3.05) is 0 Å². The number of benzene rings is 2. The van der Waals surface area contributed by atoms with Gasteiger partial charge in [0.15, 0.2) is 5.78 Å². The van der Waals surface area contributed by atoms with E-state index in [1.165, 1.54) is 72.8 Å².